The Balaban J connectivity index is 2.84. The third-order valence-electron chi connectivity index (χ3n) is 1.43. The van der Waals surface area contributed by atoms with Crippen LogP contribution in [0, 0.1) is 5.82 Å². The third-order valence-corrected chi connectivity index (χ3v) is 1.43. The zero-order valence-corrected chi connectivity index (χ0v) is 7.49. The van der Waals surface area contributed by atoms with Crippen LogP contribution in [0.1, 0.15) is 17.3 Å². The van der Waals surface area contributed by atoms with E-state index in [1.807, 2.05) is 0 Å². The van der Waals surface area contributed by atoms with Gasteiger partial charge in [0.15, 0.2) is 0 Å². The largest absolute Gasteiger partial charge is 0.460 e. The normalized spacial score (nSPS) is 9.57. The van der Waals surface area contributed by atoms with E-state index >= 15 is 0 Å². The molecular formula is C9H8FNO3. The van der Waals surface area contributed by atoms with Crippen LogP contribution >= 0.6 is 0 Å². The van der Waals surface area contributed by atoms with Crippen molar-refractivity contribution in [1.82, 2.24) is 4.98 Å². The van der Waals surface area contributed by atoms with Gasteiger partial charge in [0, 0.05) is 6.20 Å². The van der Waals surface area contributed by atoms with Crippen molar-refractivity contribution < 1.29 is 18.7 Å². The number of Topliss-reactive ketones (excluding diaryl/α,β-unsaturated/α-hetero) is 1. The number of carbonyl (C=O) groups is 2. The van der Waals surface area contributed by atoms with Crippen LogP contribution in [0.25, 0.3) is 0 Å². The number of carbonyl (C=O) groups excluding carboxylic acids is 2. The third kappa shape index (κ3) is 2.35. The van der Waals surface area contributed by atoms with Crippen LogP contribution in [-0.4, -0.2) is 23.3 Å². The second-order valence-corrected chi connectivity index (χ2v) is 2.44. The first-order valence-electron chi connectivity index (χ1n) is 3.97. The molecule has 1 aromatic rings. The van der Waals surface area contributed by atoms with Gasteiger partial charge in [-0.15, -0.1) is 0 Å². The molecule has 0 aliphatic heterocycles. The molecule has 0 saturated carbocycles. The number of rotatable bonds is 3. The van der Waals surface area contributed by atoms with E-state index in [0.717, 1.165) is 18.5 Å². The van der Waals surface area contributed by atoms with Gasteiger partial charge in [-0.25, -0.2) is 9.18 Å². The number of aromatic nitrogens is 1. The van der Waals surface area contributed by atoms with Crippen molar-refractivity contribution >= 4 is 11.8 Å². The predicted molar refractivity (Wildman–Crippen MR) is 45.2 cm³/mol. The van der Waals surface area contributed by atoms with Gasteiger partial charge in [0.1, 0.15) is 5.82 Å². The van der Waals surface area contributed by atoms with Crippen LogP contribution in [0.4, 0.5) is 4.39 Å². The van der Waals surface area contributed by atoms with Crippen LogP contribution in [0.5, 0.6) is 0 Å². The summed E-state index contributed by atoms with van der Waals surface area (Å²) in [6.45, 7) is 1.68. The quantitative estimate of drug-likeness (QED) is 0.411. The Hall–Kier alpha value is -1.78. The van der Waals surface area contributed by atoms with Gasteiger partial charge in [0.25, 0.3) is 5.78 Å². The molecule has 1 rings (SSSR count). The van der Waals surface area contributed by atoms with E-state index in [-0.39, 0.29) is 12.2 Å². The van der Waals surface area contributed by atoms with Crippen LogP contribution < -0.4 is 0 Å². The van der Waals surface area contributed by atoms with Gasteiger partial charge in [-0.3, -0.25) is 9.78 Å². The minimum absolute atomic E-state index is 0.104. The van der Waals surface area contributed by atoms with Crippen molar-refractivity contribution in [2.24, 2.45) is 0 Å². The molecule has 0 bridgehead atoms. The van der Waals surface area contributed by atoms with E-state index in [1.165, 1.54) is 0 Å². The first-order valence-corrected chi connectivity index (χ1v) is 3.97. The number of hydrogen-bond donors (Lipinski definition) is 0. The van der Waals surface area contributed by atoms with Crippen molar-refractivity contribution in [2.75, 3.05) is 6.61 Å². The van der Waals surface area contributed by atoms with Crippen molar-refractivity contribution in [3.8, 4) is 0 Å². The summed E-state index contributed by atoms with van der Waals surface area (Å²) in [6, 6.07) is 0.937. The number of hydrogen-bond acceptors (Lipinski definition) is 4. The fourth-order valence-corrected chi connectivity index (χ4v) is 0.851. The summed E-state index contributed by atoms with van der Waals surface area (Å²) in [5, 5.41) is 0. The van der Waals surface area contributed by atoms with Gasteiger partial charge in [-0.1, -0.05) is 0 Å². The molecule has 1 aromatic heterocycles. The Morgan fingerprint density at radius 1 is 1.50 bits per heavy atom. The molecule has 5 heteroatoms. The Morgan fingerprint density at radius 3 is 2.79 bits per heavy atom. The highest BCUT2D eigenvalue weighted by Gasteiger charge is 2.17. The minimum Gasteiger partial charge on any atom is -0.460 e. The highest BCUT2D eigenvalue weighted by atomic mass is 19.1. The molecule has 0 fully saturated rings. The van der Waals surface area contributed by atoms with Gasteiger partial charge in [-0.05, 0) is 13.0 Å². The summed E-state index contributed by atoms with van der Waals surface area (Å²) < 4.78 is 17.1. The second-order valence-electron chi connectivity index (χ2n) is 2.44. The maximum absolute atomic E-state index is 12.6. The fraction of sp³-hybridized carbons (Fsp3) is 0.222. The zero-order valence-electron chi connectivity index (χ0n) is 7.49. The molecular weight excluding hydrogens is 189 g/mol. The minimum atomic E-state index is -1.00. The van der Waals surface area contributed by atoms with Crippen LogP contribution in [0.2, 0.25) is 0 Å². The Morgan fingerprint density at radius 2 is 2.21 bits per heavy atom. The number of ether oxygens (including phenoxy) is 1. The maximum Gasteiger partial charge on any atom is 0.379 e. The van der Waals surface area contributed by atoms with Crippen molar-refractivity contribution in [3.63, 3.8) is 0 Å². The highest BCUT2D eigenvalue weighted by Crippen LogP contribution is 2.02. The second kappa shape index (κ2) is 4.45. The summed E-state index contributed by atoms with van der Waals surface area (Å²) in [7, 11) is 0. The molecule has 0 aromatic carbocycles. The molecule has 0 aliphatic rings. The van der Waals surface area contributed by atoms with Crippen LogP contribution in [0.15, 0.2) is 18.5 Å². The van der Waals surface area contributed by atoms with E-state index in [1.54, 1.807) is 6.92 Å². The highest BCUT2D eigenvalue weighted by molar-refractivity contribution is 6.40. The average Bonchev–Trinajstić information content (AvgIpc) is 2.17. The zero-order chi connectivity index (χ0) is 10.6. The van der Waals surface area contributed by atoms with Gasteiger partial charge >= 0.3 is 5.97 Å². The molecule has 0 saturated heterocycles. The smallest absolute Gasteiger partial charge is 0.379 e. The number of halogens is 1. The molecule has 0 amide bonds. The molecule has 74 valence electrons. The lowest BCUT2D eigenvalue weighted by Gasteiger charge is -1.99. The summed E-state index contributed by atoms with van der Waals surface area (Å²) in [5.41, 5.74) is -0.108. The molecule has 0 radical (unpaired) electrons. The number of ketones is 1. The first-order chi connectivity index (χ1) is 6.65. The van der Waals surface area contributed by atoms with Gasteiger partial charge in [0.2, 0.25) is 0 Å². The molecule has 4 nitrogen and oxygen atoms in total. The average molecular weight is 197 g/mol. The van der Waals surface area contributed by atoms with Crippen molar-refractivity contribution in [3.05, 3.63) is 29.8 Å². The summed E-state index contributed by atoms with van der Waals surface area (Å²) in [5.74, 6) is -2.56. The molecule has 1 heterocycles. The number of pyridine rings is 1. The van der Waals surface area contributed by atoms with E-state index in [4.69, 9.17) is 0 Å². The van der Waals surface area contributed by atoms with Gasteiger partial charge in [-0.2, -0.15) is 0 Å². The van der Waals surface area contributed by atoms with Crippen LogP contribution in [0.3, 0.4) is 0 Å². The van der Waals surface area contributed by atoms with Crippen molar-refractivity contribution in [1.29, 1.82) is 0 Å². The summed E-state index contributed by atoms with van der Waals surface area (Å²) in [4.78, 5) is 25.6. The molecule has 14 heavy (non-hydrogen) atoms. The standard InChI is InChI=1S/C9H8FNO3/c1-2-14-9(13)8(12)6-3-7(10)5-11-4-6/h3-5H,2H2,1H3. The molecule has 0 aliphatic carbocycles. The van der Waals surface area contributed by atoms with Crippen LogP contribution in [-0.2, 0) is 9.53 Å². The molecule has 0 N–H and O–H groups in total. The molecule has 0 atom stereocenters. The van der Waals surface area contributed by atoms with Gasteiger partial charge < -0.3 is 4.74 Å². The lowest BCUT2D eigenvalue weighted by Crippen LogP contribution is -2.17. The van der Waals surface area contributed by atoms with E-state index in [2.05, 4.69) is 9.72 Å². The van der Waals surface area contributed by atoms with E-state index in [0.29, 0.717) is 0 Å². The lowest BCUT2D eigenvalue weighted by molar-refractivity contribution is -0.137. The van der Waals surface area contributed by atoms with Gasteiger partial charge in [0.05, 0.1) is 18.4 Å². The first kappa shape index (κ1) is 10.3. The summed E-state index contributed by atoms with van der Waals surface area (Å²) in [6.07, 6.45) is 2.06. The predicted octanol–water partition coefficient (Wildman–Crippen LogP) is 0.967. The SMILES string of the molecule is CCOC(=O)C(=O)c1cncc(F)c1. The Kier molecular flexibility index (Phi) is 3.28. The number of nitrogens with zero attached hydrogens (tertiary/aromatic N) is 1. The molecule has 0 unspecified atom stereocenters. The lowest BCUT2D eigenvalue weighted by atomic mass is 10.2. The fourth-order valence-electron chi connectivity index (χ4n) is 0.851. The van der Waals surface area contributed by atoms with E-state index < -0.39 is 17.6 Å². The van der Waals surface area contributed by atoms with E-state index in [9.17, 15) is 14.0 Å². The number of esters is 1. The van der Waals surface area contributed by atoms with Crippen molar-refractivity contribution in [2.45, 2.75) is 6.92 Å². The topological polar surface area (TPSA) is 56.3 Å². The Labute approximate surface area is 79.7 Å². The molecule has 0 spiro atoms. The summed E-state index contributed by atoms with van der Waals surface area (Å²) >= 11 is 0. The monoisotopic (exact) mass is 197 g/mol. The Bertz CT molecular complexity index is 365. The maximum atomic E-state index is 12.6.